The van der Waals surface area contributed by atoms with Crippen molar-refractivity contribution in [3.63, 3.8) is 0 Å². The average molecular weight is 1050 g/mol. The Balaban J connectivity index is 0.712. The number of rotatable bonds is 36. The summed E-state index contributed by atoms with van der Waals surface area (Å²) in [6, 6.07) is 21.0. The van der Waals surface area contributed by atoms with Gasteiger partial charge in [-0.1, -0.05) is 47.6 Å². The predicted octanol–water partition coefficient (Wildman–Crippen LogP) is 7.91. The van der Waals surface area contributed by atoms with Crippen molar-refractivity contribution in [2.24, 2.45) is 5.92 Å². The van der Waals surface area contributed by atoms with Crippen molar-refractivity contribution in [2.75, 3.05) is 122 Å². The Labute approximate surface area is 441 Å². The summed E-state index contributed by atoms with van der Waals surface area (Å²) < 4.78 is 45.2. The first kappa shape index (κ1) is 57.1. The van der Waals surface area contributed by atoms with Gasteiger partial charge in [0.1, 0.15) is 17.8 Å². The molecule has 1 aromatic heterocycles. The quantitative estimate of drug-likeness (QED) is 0.0192. The molecule has 0 bridgehead atoms. The lowest BCUT2D eigenvalue weighted by Gasteiger charge is -2.34. The van der Waals surface area contributed by atoms with Crippen LogP contribution in [0.3, 0.4) is 0 Å². The summed E-state index contributed by atoms with van der Waals surface area (Å²) in [5.74, 6) is -1.43. The lowest BCUT2D eigenvalue weighted by Crippen LogP contribution is -2.39. The number of aromatic nitrogens is 1. The number of piperidine rings is 1. The Morgan fingerprint density at radius 1 is 0.763 bits per heavy atom. The second kappa shape index (κ2) is 30.2. The number of benzene rings is 4. The van der Waals surface area contributed by atoms with E-state index in [0.717, 1.165) is 48.9 Å². The van der Waals surface area contributed by atoms with E-state index in [1.165, 1.54) is 0 Å². The SMILES string of the molecule is Cc1ccc(CCCCOCCOCCOCCOCCOCCOCCOCCCCC(=O)[C@@H]2CCCN(c3cc(Nc4cccc(C(=O)NCC(=O)O)c4)c4c5c(onc35)-c3ccccc3C4=O)C2)c([N+](=O)[O-])c1. The number of amides is 1. The summed E-state index contributed by atoms with van der Waals surface area (Å²) in [5, 5.41) is 31.1. The number of hydrogen-bond acceptors (Lipinski definition) is 17. The number of ketones is 2. The number of nitrogens with one attached hydrogen (secondary N) is 2. The molecule has 1 fully saturated rings. The van der Waals surface area contributed by atoms with Crippen LogP contribution in [0.1, 0.15) is 82.4 Å². The average Bonchev–Trinajstić information content (AvgIpc) is 4.02. The number of aryl methyl sites for hydroxylation is 2. The molecule has 5 aromatic rings. The van der Waals surface area contributed by atoms with E-state index in [0.29, 0.717) is 170 Å². The third-order valence-electron chi connectivity index (χ3n) is 13.0. The number of unbranched alkanes of at least 4 members (excludes halogenated alkanes) is 2. The second-order valence-electron chi connectivity index (χ2n) is 18.6. The normalized spacial score (nSPS) is 14.0. The molecule has 1 aliphatic heterocycles. The number of Topliss-reactive ketones (excluding diaryl/α,β-unsaturated/α-hetero) is 1. The van der Waals surface area contributed by atoms with Gasteiger partial charge in [-0.25, -0.2) is 0 Å². The van der Waals surface area contributed by atoms with Gasteiger partial charge in [0.15, 0.2) is 11.5 Å². The minimum absolute atomic E-state index is 0.181. The fraction of sp³-hybridized carbons (Fsp3) is 0.482. The minimum atomic E-state index is -1.16. The zero-order valence-electron chi connectivity index (χ0n) is 43.2. The van der Waals surface area contributed by atoms with Crippen LogP contribution >= 0.6 is 0 Å². The third-order valence-corrected chi connectivity index (χ3v) is 13.0. The van der Waals surface area contributed by atoms with Gasteiger partial charge in [-0.15, -0.1) is 0 Å². The molecule has 76 heavy (non-hydrogen) atoms. The minimum Gasteiger partial charge on any atom is -0.480 e. The largest absolute Gasteiger partial charge is 0.480 e. The van der Waals surface area contributed by atoms with E-state index in [1.807, 2.05) is 37.3 Å². The van der Waals surface area contributed by atoms with Crippen molar-refractivity contribution in [3.8, 4) is 11.3 Å². The molecular formula is C56H69N5O15. The topological polar surface area (TPSA) is 250 Å². The number of carboxylic acid groups (broad SMARTS) is 1. The Bertz CT molecular complexity index is 2730. The first-order valence-electron chi connectivity index (χ1n) is 26.1. The molecule has 20 heteroatoms. The Hall–Kier alpha value is -6.65. The number of aliphatic carboxylic acids is 1. The van der Waals surface area contributed by atoms with E-state index in [9.17, 15) is 29.3 Å². The van der Waals surface area contributed by atoms with Crippen molar-refractivity contribution < 1.29 is 66.9 Å². The van der Waals surface area contributed by atoms with Crippen LogP contribution in [-0.2, 0) is 49.2 Å². The highest BCUT2D eigenvalue weighted by molar-refractivity contribution is 6.29. The lowest BCUT2D eigenvalue weighted by atomic mass is 9.85. The monoisotopic (exact) mass is 1050 g/mol. The molecule has 0 saturated carbocycles. The molecule has 7 rings (SSSR count). The van der Waals surface area contributed by atoms with Gasteiger partial charge in [-0.05, 0) is 81.7 Å². The maximum Gasteiger partial charge on any atom is 0.322 e. The van der Waals surface area contributed by atoms with Gasteiger partial charge < -0.3 is 58.3 Å². The fourth-order valence-corrected chi connectivity index (χ4v) is 9.20. The highest BCUT2D eigenvalue weighted by atomic mass is 16.6. The zero-order chi connectivity index (χ0) is 53.5. The fourth-order valence-electron chi connectivity index (χ4n) is 9.20. The number of nitrogens with zero attached hydrogens (tertiary/aromatic N) is 3. The number of nitro groups is 1. The third kappa shape index (κ3) is 16.7. The number of fused-ring (bicyclic) bond motifs is 2. The summed E-state index contributed by atoms with van der Waals surface area (Å²) in [5.41, 5.74) is 5.82. The van der Waals surface area contributed by atoms with Gasteiger partial charge in [-0.3, -0.25) is 29.3 Å². The molecule has 0 unspecified atom stereocenters. The zero-order valence-corrected chi connectivity index (χ0v) is 43.2. The Kier molecular flexibility index (Phi) is 22.7. The Morgan fingerprint density at radius 2 is 1.38 bits per heavy atom. The first-order valence-corrected chi connectivity index (χ1v) is 26.1. The standard InChI is InChI=1S/C56H69N5O15/c1-39-17-18-40(47(34-39)61(67)68)10-4-6-20-69-22-24-71-26-28-73-30-32-75-33-31-74-29-27-72-25-23-70-21-7-5-16-49(62)42-12-9-19-60(38-42)48-36-46(58-43-13-8-11-41(35-43)56(66)57-37-50(63)64)51-52-53(48)59-76-55(52)45-15-3-2-14-44(45)54(51)65/h2-3,8,11,13-15,17-18,34-36,42,58H,4-7,9-10,12,16,19-33,37-38H2,1H3,(H,57,66)(H,63,64)/t42-/m1/s1. The summed E-state index contributed by atoms with van der Waals surface area (Å²) >= 11 is 0. The summed E-state index contributed by atoms with van der Waals surface area (Å²) in [6.45, 7) is 9.01. The molecule has 408 valence electrons. The number of ether oxygens (including phenoxy) is 7. The smallest absolute Gasteiger partial charge is 0.322 e. The number of hydrogen-bond donors (Lipinski definition) is 3. The van der Waals surface area contributed by atoms with Crippen LogP contribution in [-0.4, -0.2) is 151 Å². The van der Waals surface area contributed by atoms with E-state index < -0.39 is 18.4 Å². The van der Waals surface area contributed by atoms with Crippen LogP contribution in [0.2, 0.25) is 0 Å². The molecule has 1 amide bonds. The molecular weight excluding hydrogens is 983 g/mol. The summed E-state index contributed by atoms with van der Waals surface area (Å²) in [6.07, 6.45) is 5.72. The van der Waals surface area contributed by atoms with Gasteiger partial charge in [0.05, 0.1) is 107 Å². The van der Waals surface area contributed by atoms with E-state index in [-0.39, 0.29) is 33.7 Å². The second-order valence-corrected chi connectivity index (χ2v) is 18.6. The molecule has 3 N–H and O–H groups in total. The molecule has 1 saturated heterocycles. The maximum atomic E-state index is 14.2. The van der Waals surface area contributed by atoms with E-state index >= 15 is 0 Å². The predicted molar refractivity (Wildman–Crippen MR) is 283 cm³/mol. The number of anilines is 3. The van der Waals surface area contributed by atoms with Crippen LogP contribution in [0.5, 0.6) is 0 Å². The van der Waals surface area contributed by atoms with Crippen molar-refractivity contribution in [3.05, 3.63) is 111 Å². The molecule has 1 aliphatic carbocycles. The summed E-state index contributed by atoms with van der Waals surface area (Å²) in [4.78, 5) is 64.7. The molecule has 4 aromatic carbocycles. The molecule has 0 radical (unpaired) electrons. The van der Waals surface area contributed by atoms with Gasteiger partial charge in [0, 0.05) is 72.6 Å². The molecule has 2 heterocycles. The van der Waals surface area contributed by atoms with Crippen LogP contribution in [0.25, 0.3) is 22.2 Å². The van der Waals surface area contributed by atoms with Gasteiger partial charge in [-0.2, -0.15) is 0 Å². The highest BCUT2D eigenvalue weighted by Gasteiger charge is 2.35. The van der Waals surface area contributed by atoms with Crippen LogP contribution < -0.4 is 15.5 Å². The van der Waals surface area contributed by atoms with E-state index in [1.54, 1.807) is 42.5 Å². The van der Waals surface area contributed by atoms with E-state index in [2.05, 4.69) is 20.7 Å². The maximum absolute atomic E-state index is 14.2. The van der Waals surface area contributed by atoms with Crippen molar-refractivity contribution in [2.45, 2.75) is 58.3 Å². The van der Waals surface area contributed by atoms with Crippen molar-refractivity contribution >= 4 is 57.1 Å². The number of nitro benzene ring substituents is 1. The number of carbonyl (C=O) groups excluding carboxylic acids is 3. The van der Waals surface area contributed by atoms with Crippen LogP contribution in [0.15, 0.2) is 77.3 Å². The molecule has 1 atom stereocenters. The number of carbonyl (C=O) groups is 4. The van der Waals surface area contributed by atoms with Gasteiger partial charge >= 0.3 is 5.97 Å². The van der Waals surface area contributed by atoms with Gasteiger partial charge in [0.25, 0.3) is 11.6 Å². The molecule has 2 aliphatic rings. The van der Waals surface area contributed by atoms with Crippen molar-refractivity contribution in [1.29, 1.82) is 0 Å². The van der Waals surface area contributed by atoms with E-state index in [4.69, 9.17) is 42.8 Å². The molecule has 0 spiro atoms. The highest BCUT2D eigenvalue weighted by Crippen LogP contribution is 2.47. The summed E-state index contributed by atoms with van der Waals surface area (Å²) in [7, 11) is 0. The number of carboxylic acids is 1. The van der Waals surface area contributed by atoms with Crippen molar-refractivity contribution in [1.82, 2.24) is 10.5 Å². The first-order chi connectivity index (χ1) is 37.1. The molecule has 20 nitrogen and oxygen atoms in total. The van der Waals surface area contributed by atoms with Crippen LogP contribution in [0.4, 0.5) is 22.7 Å². The van der Waals surface area contributed by atoms with Crippen LogP contribution in [0, 0.1) is 23.0 Å². The van der Waals surface area contributed by atoms with Gasteiger partial charge in [0.2, 0.25) is 0 Å². The lowest BCUT2D eigenvalue weighted by molar-refractivity contribution is -0.385. The Morgan fingerprint density at radius 3 is 2.01 bits per heavy atom.